The smallest absolute Gasteiger partial charge is 0.220 e. The van der Waals surface area contributed by atoms with E-state index in [0.717, 1.165) is 29.8 Å². The van der Waals surface area contributed by atoms with Gasteiger partial charge in [-0.25, -0.2) is 0 Å². The number of carbonyl (C=O) groups is 1. The van der Waals surface area contributed by atoms with Crippen LogP contribution in [-0.4, -0.2) is 37.3 Å². The molecular formula is C14H20ClNO2S. The maximum atomic E-state index is 12.0. The molecule has 106 valence electrons. The predicted octanol–water partition coefficient (Wildman–Crippen LogP) is 3.39. The molecule has 2 rings (SSSR count). The van der Waals surface area contributed by atoms with Crippen LogP contribution in [0.4, 0.5) is 0 Å². The summed E-state index contributed by atoms with van der Waals surface area (Å²) in [6.45, 7) is 3.65. The molecule has 1 aromatic carbocycles. The van der Waals surface area contributed by atoms with Crippen LogP contribution in [0.25, 0.3) is 0 Å². The van der Waals surface area contributed by atoms with Crippen molar-refractivity contribution < 1.29 is 9.53 Å². The minimum atomic E-state index is 0. The van der Waals surface area contributed by atoms with Crippen molar-refractivity contribution in [3.05, 3.63) is 29.3 Å². The summed E-state index contributed by atoms with van der Waals surface area (Å²) in [5, 5.41) is 0.418. The average Bonchev–Trinajstić information content (AvgIpc) is 2.63. The van der Waals surface area contributed by atoms with Gasteiger partial charge in [0.15, 0.2) is 0 Å². The quantitative estimate of drug-likeness (QED) is 0.834. The minimum absolute atomic E-state index is 0. The fraction of sp³-hybridized carbons (Fsp3) is 0.500. The summed E-state index contributed by atoms with van der Waals surface area (Å²) in [4.78, 5) is 14.1. The second-order valence-electron chi connectivity index (χ2n) is 4.75. The first-order valence-electron chi connectivity index (χ1n) is 6.24. The Kier molecular flexibility index (Phi) is 6.17. The fourth-order valence-electron chi connectivity index (χ4n) is 2.03. The third-order valence-corrected chi connectivity index (χ3v) is 3.97. The van der Waals surface area contributed by atoms with Crippen molar-refractivity contribution in [1.82, 2.24) is 4.90 Å². The molecule has 1 unspecified atom stereocenters. The van der Waals surface area contributed by atoms with Gasteiger partial charge in [0, 0.05) is 12.1 Å². The highest BCUT2D eigenvalue weighted by atomic mass is 35.5. The highest BCUT2D eigenvalue weighted by Gasteiger charge is 2.30. The maximum Gasteiger partial charge on any atom is 0.220 e. The van der Waals surface area contributed by atoms with E-state index in [0.29, 0.717) is 6.61 Å². The summed E-state index contributed by atoms with van der Waals surface area (Å²) < 4.78 is 5.57. The van der Waals surface area contributed by atoms with Crippen LogP contribution in [0.5, 0.6) is 5.75 Å². The maximum absolute atomic E-state index is 12.0. The molecule has 0 aromatic heterocycles. The molecule has 1 aromatic rings. The van der Waals surface area contributed by atoms with Crippen LogP contribution in [0.2, 0.25) is 0 Å². The molecular weight excluding hydrogens is 282 g/mol. The van der Waals surface area contributed by atoms with Gasteiger partial charge in [-0.2, -0.15) is 0 Å². The summed E-state index contributed by atoms with van der Waals surface area (Å²) in [6.07, 6.45) is 0.975. The van der Waals surface area contributed by atoms with Crippen molar-refractivity contribution in [2.24, 2.45) is 0 Å². The van der Waals surface area contributed by atoms with Crippen molar-refractivity contribution in [2.75, 3.05) is 27.2 Å². The standard InChI is InChI=1S/C14H19NO2S.ClH/c1-4-7-17-10-5-6-11-12(8-10)14(16)18-13(11)9-15(2)3;/h5-6,8,13H,4,7,9H2,1-3H3;1H. The van der Waals surface area contributed by atoms with E-state index in [9.17, 15) is 4.79 Å². The van der Waals surface area contributed by atoms with Crippen LogP contribution >= 0.6 is 24.2 Å². The first kappa shape index (κ1) is 16.3. The van der Waals surface area contributed by atoms with E-state index in [1.165, 1.54) is 11.8 Å². The van der Waals surface area contributed by atoms with Gasteiger partial charge < -0.3 is 9.64 Å². The molecule has 0 spiro atoms. The fourth-order valence-corrected chi connectivity index (χ4v) is 3.29. The third kappa shape index (κ3) is 3.88. The largest absolute Gasteiger partial charge is 0.494 e. The van der Waals surface area contributed by atoms with Crippen molar-refractivity contribution in [3.63, 3.8) is 0 Å². The van der Waals surface area contributed by atoms with Gasteiger partial charge in [0.05, 0.1) is 11.9 Å². The molecule has 0 N–H and O–H groups in total. The van der Waals surface area contributed by atoms with Crippen LogP contribution in [0.3, 0.4) is 0 Å². The van der Waals surface area contributed by atoms with Gasteiger partial charge in [0.2, 0.25) is 5.12 Å². The van der Waals surface area contributed by atoms with Gasteiger partial charge in [0.25, 0.3) is 0 Å². The molecule has 1 aliphatic rings. The number of fused-ring (bicyclic) bond motifs is 1. The Labute approximate surface area is 125 Å². The van der Waals surface area contributed by atoms with E-state index in [-0.39, 0.29) is 22.8 Å². The number of nitrogens with zero attached hydrogens (tertiary/aromatic N) is 1. The summed E-state index contributed by atoms with van der Waals surface area (Å²) in [5.74, 6) is 0.801. The SMILES string of the molecule is CCCOc1ccc2c(c1)C(=O)SC2CN(C)C.Cl. The second-order valence-corrected chi connectivity index (χ2v) is 5.93. The normalized spacial score (nSPS) is 17.3. The summed E-state index contributed by atoms with van der Waals surface area (Å²) in [6, 6.07) is 5.89. The Morgan fingerprint density at radius 1 is 1.37 bits per heavy atom. The zero-order valence-electron chi connectivity index (χ0n) is 11.5. The lowest BCUT2D eigenvalue weighted by Crippen LogP contribution is -2.17. The number of likely N-dealkylation sites (N-methyl/N-ethyl adjacent to an activating group) is 1. The first-order chi connectivity index (χ1) is 8.61. The van der Waals surface area contributed by atoms with Gasteiger partial charge in [-0.15, -0.1) is 12.4 Å². The number of carbonyl (C=O) groups excluding carboxylic acids is 1. The predicted molar refractivity (Wildman–Crippen MR) is 82.7 cm³/mol. The molecule has 3 nitrogen and oxygen atoms in total. The molecule has 0 fully saturated rings. The van der Waals surface area contributed by atoms with E-state index < -0.39 is 0 Å². The van der Waals surface area contributed by atoms with Crippen molar-refractivity contribution in [3.8, 4) is 5.75 Å². The lowest BCUT2D eigenvalue weighted by molar-refractivity contribution is 0.109. The number of benzene rings is 1. The molecule has 1 atom stereocenters. The minimum Gasteiger partial charge on any atom is -0.494 e. The molecule has 0 saturated carbocycles. The number of halogens is 1. The Hall–Kier alpha value is -0.710. The molecule has 0 bridgehead atoms. The molecule has 1 heterocycles. The van der Waals surface area contributed by atoms with Crippen LogP contribution in [0.15, 0.2) is 18.2 Å². The molecule has 0 saturated heterocycles. The van der Waals surface area contributed by atoms with Crippen LogP contribution in [0.1, 0.15) is 34.5 Å². The Morgan fingerprint density at radius 2 is 2.11 bits per heavy atom. The Balaban J connectivity index is 0.00000180. The van der Waals surface area contributed by atoms with E-state index in [1.807, 2.05) is 32.3 Å². The lowest BCUT2D eigenvalue weighted by Gasteiger charge is -2.15. The van der Waals surface area contributed by atoms with E-state index in [4.69, 9.17) is 4.74 Å². The summed E-state index contributed by atoms with van der Waals surface area (Å²) in [5.41, 5.74) is 1.96. The van der Waals surface area contributed by atoms with Gasteiger partial charge >= 0.3 is 0 Å². The van der Waals surface area contributed by atoms with Gasteiger partial charge in [-0.05, 0) is 38.2 Å². The summed E-state index contributed by atoms with van der Waals surface area (Å²) >= 11 is 1.42. The van der Waals surface area contributed by atoms with Crippen LogP contribution < -0.4 is 4.74 Å². The number of hydrogen-bond donors (Lipinski definition) is 0. The lowest BCUT2D eigenvalue weighted by atomic mass is 10.0. The highest BCUT2D eigenvalue weighted by Crippen LogP contribution is 2.42. The molecule has 1 aliphatic heterocycles. The first-order valence-corrected chi connectivity index (χ1v) is 7.12. The molecule has 19 heavy (non-hydrogen) atoms. The second kappa shape index (κ2) is 7.17. The number of rotatable bonds is 5. The van der Waals surface area contributed by atoms with Crippen LogP contribution in [-0.2, 0) is 0 Å². The topological polar surface area (TPSA) is 29.5 Å². The van der Waals surface area contributed by atoms with E-state index >= 15 is 0 Å². The third-order valence-electron chi connectivity index (χ3n) is 2.84. The van der Waals surface area contributed by atoms with Crippen LogP contribution in [0, 0.1) is 0 Å². The molecule has 0 amide bonds. The monoisotopic (exact) mass is 301 g/mol. The van der Waals surface area contributed by atoms with Gasteiger partial charge in [-0.1, -0.05) is 24.8 Å². The Bertz CT molecular complexity index is 451. The average molecular weight is 302 g/mol. The number of hydrogen-bond acceptors (Lipinski definition) is 4. The van der Waals surface area contributed by atoms with E-state index in [2.05, 4.69) is 11.8 Å². The number of thioether (sulfide) groups is 1. The van der Waals surface area contributed by atoms with Gasteiger partial charge in [0.1, 0.15) is 5.75 Å². The van der Waals surface area contributed by atoms with Gasteiger partial charge in [-0.3, -0.25) is 4.79 Å². The molecule has 5 heteroatoms. The summed E-state index contributed by atoms with van der Waals surface area (Å²) in [7, 11) is 4.06. The zero-order chi connectivity index (χ0) is 13.1. The molecule has 0 aliphatic carbocycles. The Morgan fingerprint density at radius 3 is 2.74 bits per heavy atom. The van der Waals surface area contributed by atoms with E-state index in [1.54, 1.807) is 0 Å². The highest BCUT2D eigenvalue weighted by molar-refractivity contribution is 8.14. The number of ether oxygens (including phenoxy) is 1. The van der Waals surface area contributed by atoms with Crippen molar-refractivity contribution in [1.29, 1.82) is 0 Å². The molecule has 0 radical (unpaired) electrons. The van der Waals surface area contributed by atoms with Crippen molar-refractivity contribution in [2.45, 2.75) is 18.6 Å². The zero-order valence-corrected chi connectivity index (χ0v) is 13.1. The van der Waals surface area contributed by atoms with Crippen molar-refractivity contribution >= 4 is 29.3 Å².